The number of halogens is 3. The number of hydrogen-bond acceptors (Lipinski definition) is 3. The largest absolute Gasteiger partial charge is 0.416 e. The van der Waals surface area contributed by atoms with Gasteiger partial charge in [0.05, 0.1) is 10.4 Å². The molecule has 90 valence electrons. The van der Waals surface area contributed by atoms with E-state index in [0.717, 1.165) is 20.3 Å². The van der Waals surface area contributed by atoms with Crippen LogP contribution >= 0.6 is 32.9 Å². The van der Waals surface area contributed by atoms with Crippen molar-refractivity contribution in [3.05, 3.63) is 39.2 Å². The standard InChI is InChI=1S/C11H7F3S3/c1-6-9(16-17-10(6)15)7-3-2-4-8(5-7)11(12,13)14/h2-5H,1H3. The Balaban J connectivity index is 2.54. The predicted molar refractivity (Wildman–Crippen MR) is 68.2 cm³/mol. The second-order valence-corrected chi connectivity index (χ2v) is 6.30. The van der Waals surface area contributed by atoms with Gasteiger partial charge in [0.1, 0.15) is 3.82 Å². The van der Waals surface area contributed by atoms with Crippen molar-refractivity contribution in [1.29, 1.82) is 0 Å². The van der Waals surface area contributed by atoms with Crippen LogP contribution in [0.5, 0.6) is 0 Å². The maximum Gasteiger partial charge on any atom is 0.416 e. The van der Waals surface area contributed by atoms with Gasteiger partial charge in [-0.1, -0.05) is 45.0 Å². The predicted octanol–water partition coefficient (Wildman–Crippen LogP) is 5.53. The molecule has 0 aliphatic heterocycles. The molecule has 0 saturated carbocycles. The molecule has 2 rings (SSSR count). The monoisotopic (exact) mass is 292 g/mol. The zero-order valence-electron chi connectivity index (χ0n) is 8.67. The Bertz CT molecular complexity index is 592. The molecule has 2 aromatic rings. The van der Waals surface area contributed by atoms with Gasteiger partial charge in [-0.05, 0) is 30.2 Å². The van der Waals surface area contributed by atoms with Crippen LogP contribution in [0.15, 0.2) is 24.3 Å². The van der Waals surface area contributed by atoms with Gasteiger partial charge in [-0.25, -0.2) is 0 Å². The van der Waals surface area contributed by atoms with E-state index in [1.807, 2.05) is 6.92 Å². The molecule has 0 unspecified atom stereocenters. The summed E-state index contributed by atoms with van der Waals surface area (Å²) in [5.41, 5.74) is 0.836. The Morgan fingerprint density at radius 2 is 1.88 bits per heavy atom. The number of hydrogen-bond donors (Lipinski definition) is 0. The SMILES string of the molecule is Cc1c(-c2cccc(C(F)(F)F)c2)ssc1=S. The van der Waals surface area contributed by atoms with Crippen LogP contribution in [0.25, 0.3) is 10.4 Å². The molecule has 6 heteroatoms. The number of rotatable bonds is 1. The van der Waals surface area contributed by atoms with Gasteiger partial charge in [0.15, 0.2) is 0 Å². The van der Waals surface area contributed by atoms with Gasteiger partial charge in [0, 0.05) is 0 Å². The van der Waals surface area contributed by atoms with Crippen LogP contribution in [0.3, 0.4) is 0 Å². The van der Waals surface area contributed by atoms with Crippen molar-refractivity contribution in [3.8, 4) is 10.4 Å². The maximum absolute atomic E-state index is 12.6. The summed E-state index contributed by atoms with van der Waals surface area (Å²) in [5.74, 6) is 0. The number of alkyl halides is 3. The molecule has 0 spiro atoms. The van der Waals surface area contributed by atoms with Crippen molar-refractivity contribution in [2.75, 3.05) is 0 Å². The molecule has 0 bridgehead atoms. The molecule has 0 aliphatic rings. The third-order valence-electron chi connectivity index (χ3n) is 2.30. The smallest absolute Gasteiger partial charge is 0.166 e. The van der Waals surface area contributed by atoms with E-state index in [1.165, 1.54) is 32.8 Å². The normalized spacial score (nSPS) is 11.8. The first-order chi connectivity index (χ1) is 7.89. The van der Waals surface area contributed by atoms with Crippen LogP contribution in [0.2, 0.25) is 0 Å². The van der Waals surface area contributed by atoms with E-state index < -0.39 is 11.7 Å². The Hall–Kier alpha value is -0.720. The fraction of sp³-hybridized carbons (Fsp3) is 0.182. The molecule has 17 heavy (non-hydrogen) atoms. The molecule has 0 fully saturated rings. The van der Waals surface area contributed by atoms with Gasteiger partial charge < -0.3 is 0 Å². The Kier molecular flexibility index (Phi) is 3.38. The molecule has 1 aromatic carbocycles. The lowest BCUT2D eigenvalue weighted by atomic mass is 10.1. The molecule has 0 N–H and O–H groups in total. The lowest BCUT2D eigenvalue weighted by Gasteiger charge is -2.08. The Morgan fingerprint density at radius 1 is 1.18 bits per heavy atom. The molecule has 1 heterocycles. The van der Waals surface area contributed by atoms with Gasteiger partial charge >= 0.3 is 6.18 Å². The fourth-order valence-electron chi connectivity index (χ4n) is 1.40. The van der Waals surface area contributed by atoms with Crippen molar-refractivity contribution in [3.63, 3.8) is 0 Å². The van der Waals surface area contributed by atoms with Gasteiger partial charge in [0.2, 0.25) is 0 Å². The van der Waals surface area contributed by atoms with Crippen LogP contribution < -0.4 is 0 Å². The molecule has 0 amide bonds. The summed E-state index contributed by atoms with van der Waals surface area (Å²) in [5, 5.41) is 0. The first-order valence-electron chi connectivity index (χ1n) is 4.67. The molecule has 0 atom stereocenters. The summed E-state index contributed by atoms with van der Waals surface area (Å²) in [6.45, 7) is 1.84. The van der Waals surface area contributed by atoms with E-state index in [1.54, 1.807) is 6.07 Å². The van der Waals surface area contributed by atoms with Crippen molar-refractivity contribution in [1.82, 2.24) is 0 Å². The summed E-state index contributed by atoms with van der Waals surface area (Å²) in [6.07, 6.45) is -4.30. The second kappa shape index (κ2) is 4.51. The van der Waals surface area contributed by atoms with E-state index in [2.05, 4.69) is 0 Å². The van der Waals surface area contributed by atoms with Gasteiger partial charge in [0.25, 0.3) is 0 Å². The lowest BCUT2D eigenvalue weighted by molar-refractivity contribution is -0.137. The summed E-state index contributed by atoms with van der Waals surface area (Å²) < 4.78 is 38.5. The summed E-state index contributed by atoms with van der Waals surface area (Å²) in [6, 6.07) is 5.34. The zero-order chi connectivity index (χ0) is 12.6. The van der Waals surface area contributed by atoms with E-state index in [-0.39, 0.29) is 0 Å². The van der Waals surface area contributed by atoms with Crippen LogP contribution in [-0.2, 0) is 6.18 Å². The van der Waals surface area contributed by atoms with Crippen molar-refractivity contribution in [2.45, 2.75) is 13.1 Å². The molecule has 0 saturated heterocycles. The van der Waals surface area contributed by atoms with E-state index in [4.69, 9.17) is 12.2 Å². The highest BCUT2D eigenvalue weighted by Gasteiger charge is 2.30. The first kappa shape index (κ1) is 12.7. The highest BCUT2D eigenvalue weighted by atomic mass is 32.9. The minimum Gasteiger partial charge on any atom is -0.166 e. The van der Waals surface area contributed by atoms with Crippen molar-refractivity contribution >= 4 is 32.9 Å². The summed E-state index contributed by atoms with van der Waals surface area (Å²) in [7, 11) is 2.83. The fourth-order valence-corrected chi connectivity index (χ4v) is 4.29. The highest BCUT2D eigenvalue weighted by molar-refractivity contribution is 7.80. The molecule has 1 aromatic heterocycles. The van der Waals surface area contributed by atoms with Crippen LogP contribution in [0.4, 0.5) is 13.2 Å². The van der Waals surface area contributed by atoms with Crippen LogP contribution in [0.1, 0.15) is 11.1 Å². The maximum atomic E-state index is 12.6. The van der Waals surface area contributed by atoms with Crippen molar-refractivity contribution < 1.29 is 13.2 Å². The van der Waals surface area contributed by atoms with Gasteiger partial charge in [-0.15, -0.1) is 0 Å². The molecular weight excluding hydrogens is 285 g/mol. The van der Waals surface area contributed by atoms with E-state index >= 15 is 0 Å². The quantitative estimate of drug-likeness (QED) is 0.491. The minimum absolute atomic E-state index is 0.578. The number of benzene rings is 1. The topological polar surface area (TPSA) is 0 Å². The van der Waals surface area contributed by atoms with Crippen LogP contribution in [0, 0.1) is 10.7 Å². The molecule has 0 radical (unpaired) electrons. The van der Waals surface area contributed by atoms with Gasteiger partial charge in [-0.2, -0.15) is 13.2 Å². The second-order valence-electron chi connectivity index (χ2n) is 3.49. The molecular formula is C11H7F3S3. The van der Waals surface area contributed by atoms with Gasteiger partial charge in [-0.3, -0.25) is 0 Å². The third kappa shape index (κ3) is 2.59. The van der Waals surface area contributed by atoms with Crippen LogP contribution in [-0.4, -0.2) is 0 Å². The minimum atomic E-state index is -4.30. The van der Waals surface area contributed by atoms with E-state index in [9.17, 15) is 13.2 Å². The Morgan fingerprint density at radius 3 is 2.41 bits per heavy atom. The zero-order valence-corrected chi connectivity index (χ0v) is 11.1. The Labute approximate surface area is 109 Å². The first-order valence-corrected chi connectivity index (χ1v) is 7.23. The highest BCUT2D eigenvalue weighted by Crippen LogP contribution is 2.37. The lowest BCUT2D eigenvalue weighted by Crippen LogP contribution is -2.04. The van der Waals surface area contributed by atoms with Crippen molar-refractivity contribution in [2.24, 2.45) is 0 Å². The summed E-state index contributed by atoms with van der Waals surface area (Å²) >= 11 is 5.09. The van der Waals surface area contributed by atoms with E-state index in [0.29, 0.717) is 5.56 Å². The average molecular weight is 292 g/mol. The summed E-state index contributed by atoms with van der Waals surface area (Å²) in [4.78, 5) is 0.825. The molecule has 0 nitrogen and oxygen atoms in total. The average Bonchev–Trinajstić information content (AvgIpc) is 2.59. The third-order valence-corrected chi connectivity index (χ3v) is 5.67. The molecule has 0 aliphatic carbocycles.